The molecule has 2 aliphatic heterocycles. The molecule has 23 heavy (non-hydrogen) atoms. The number of carboxylic acid groups (broad SMARTS) is 1. The van der Waals surface area contributed by atoms with Gasteiger partial charge in [-0.3, -0.25) is 4.79 Å². The van der Waals surface area contributed by atoms with Crippen LogP contribution in [-0.2, 0) is 4.79 Å². The molecular formula is C18H20N2O3. The van der Waals surface area contributed by atoms with Crippen LogP contribution in [0.5, 0.6) is 0 Å². The molecule has 120 valence electrons. The van der Waals surface area contributed by atoms with E-state index in [1.54, 1.807) is 0 Å². The fraction of sp³-hybridized carbons (Fsp3) is 0.444. The van der Waals surface area contributed by atoms with E-state index in [9.17, 15) is 14.7 Å². The van der Waals surface area contributed by atoms with Crippen LogP contribution in [0.25, 0.3) is 0 Å². The number of benzene rings is 1. The smallest absolute Gasteiger partial charge is 0.326 e. The minimum Gasteiger partial charge on any atom is -0.480 e. The molecule has 0 saturated carbocycles. The maximum Gasteiger partial charge on any atom is 0.326 e. The zero-order valence-corrected chi connectivity index (χ0v) is 12.9. The highest BCUT2D eigenvalue weighted by Crippen LogP contribution is 2.45. The van der Waals surface area contributed by atoms with Crippen LogP contribution in [0.3, 0.4) is 0 Å². The first-order valence-electron chi connectivity index (χ1n) is 8.25. The average molecular weight is 312 g/mol. The van der Waals surface area contributed by atoms with Crippen molar-refractivity contribution in [3.8, 4) is 0 Å². The van der Waals surface area contributed by atoms with Gasteiger partial charge in [0.05, 0.1) is 11.3 Å². The number of nitrogens with zero attached hydrogens (tertiary/aromatic N) is 1. The van der Waals surface area contributed by atoms with E-state index >= 15 is 0 Å². The molecule has 5 nitrogen and oxygen atoms in total. The standard InChI is InChI=1S/C18H20N2O3/c21-17(20-9-1-2-10-20)14-8-4-6-12-11-5-3-7-13(11)16(18(22)23)19-15(12)14/h3-6,8,11,13,16,19H,1-2,7,9-10H2,(H,22,23)/t11-,13+,16-/m0/s1. The number of aliphatic carboxylic acids is 1. The van der Waals surface area contributed by atoms with Crippen molar-refractivity contribution in [1.29, 1.82) is 0 Å². The summed E-state index contributed by atoms with van der Waals surface area (Å²) in [5, 5.41) is 12.7. The number of nitrogens with one attached hydrogen (secondary N) is 1. The number of carboxylic acids is 1. The number of hydrogen-bond donors (Lipinski definition) is 2. The van der Waals surface area contributed by atoms with Crippen LogP contribution in [0.4, 0.5) is 5.69 Å². The summed E-state index contributed by atoms with van der Waals surface area (Å²) < 4.78 is 0. The predicted molar refractivity (Wildman–Crippen MR) is 86.6 cm³/mol. The average Bonchev–Trinajstić information content (AvgIpc) is 3.23. The van der Waals surface area contributed by atoms with Gasteiger partial charge in [-0.15, -0.1) is 0 Å². The zero-order valence-electron chi connectivity index (χ0n) is 12.9. The Hall–Kier alpha value is -2.30. The van der Waals surface area contributed by atoms with Crippen molar-refractivity contribution < 1.29 is 14.7 Å². The van der Waals surface area contributed by atoms with Crippen LogP contribution < -0.4 is 5.32 Å². The van der Waals surface area contributed by atoms with Gasteiger partial charge in [0.1, 0.15) is 6.04 Å². The minimum atomic E-state index is -0.849. The Bertz CT molecular complexity index is 692. The summed E-state index contributed by atoms with van der Waals surface area (Å²) in [4.78, 5) is 26.3. The first-order chi connectivity index (χ1) is 11.2. The third-order valence-electron chi connectivity index (χ3n) is 5.29. The normalized spacial score (nSPS) is 28.2. The first-order valence-corrected chi connectivity index (χ1v) is 8.25. The molecule has 1 aliphatic carbocycles. The van der Waals surface area contributed by atoms with Crippen LogP contribution in [0.15, 0.2) is 30.4 Å². The lowest BCUT2D eigenvalue weighted by Gasteiger charge is -2.36. The number of fused-ring (bicyclic) bond motifs is 3. The number of hydrogen-bond acceptors (Lipinski definition) is 3. The topological polar surface area (TPSA) is 69.6 Å². The highest BCUT2D eigenvalue weighted by Gasteiger charge is 2.42. The lowest BCUT2D eigenvalue weighted by molar-refractivity contribution is -0.139. The number of carbonyl (C=O) groups is 2. The van der Waals surface area contributed by atoms with Crippen LogP contribution in [-0.4, -0.2) is 41.0 Å². The summed E-state index contributed by atoms with van der Waals surface area (Å²) in [5.74, 6) is -0.731. The Morgan fingerprint density at radius 1 is 1.22 bits per heavy atom. The molecule has 2 heterocycles. The minimum absolute atomic E-state index is 0.0106. The van der Waals surface area contributed by atoms with Gasteiger partial charge >= 0.3 is 5.97 Å². The van der Waals surface area contributed by atoms with Crippen LogP contribution in [0.2, 0.25) is 0 Å². The number of allylic oxidation sites excluding steroid dienone is 2. The van der Waals surface area contributed by atoms with Gasteiger partial charge in [-0.05, 0) is 30.9 Å². The first kappa shape index (κ1) is 14.3. The molecule has 2 N–H and O–H groups in total. The van der Waals surface area contributed by atoms with Crippen molar-refractivity contribution in [2.75, 3.05) is 18.4 Å². The largest absolute Gasteiger partial charge is 0.480 e. The van der Waals surface area contributed by atoms with E-state index in [1.807, 2.05) is 23.1 Å². The molecular weight excluding hydrogens is 292 g/mol. The second-order valence-corrected chi connectivity index (χ2v) is 6.58. The van der Waals surface area contributed by atoms with Crippen LogP contribution in [0.1, 0.15) is 41.1 Å². The second-order valence-electron chi connectivity index (χ2n) is 6.58. The van der Waals surface area contributed by atoms with E-state index in [2.05, 4.69) is 17.5 Å². The molecule has 0 spiro atoms. The van der Waals surface area contributed by atoms with Gasteiger partial charge in [0.25, 0.3) is 5.91 Å². The summed E-state index contributed by atoms with van der Waals surface area (Å²) in [7, 11) is 0. The molecule has 1 saturated heterocycles. The summed E-state index contributed by atoms with van der Waals surface area (Å²) in [5.41, 5.74) is 2.37. The fourth-order valence-corrected chi connectivity index (χ4v) is 4.13. The Morgan fingerprint density at radius 3 is 2.74 bits per heavy atom. The maximum absolute atomic E-state index is 12.8. The molecule has 0 aromatic heterocycles. The van der Waals surface area contributed by atoms with E-state index in [0.29, 0.717) is 11.3 Å². The monoisotopic (exact) mass is 312 g/mol. The zero-order chi connectivity index (χ0) is 16.0. The Morgan fingerprint density at radius 2 is 2.00 bits per heavy atom. The van der Waals surface area contributed by atoms with E-state index in [-0.39, 0.29) is 17.7 Å². The number of likely N-dealkylation sites (tertiary alicyclic amines) is 1. The molecule has 3 atom stereocenters. The molecule has 0 bridgehead atoms. The van der Waals surface area contributed by atoms with Gasteiger partial charge in [-0.2, -0.15) is 0 Å². The molecule has 1 amide bonds. The molecule has 3 aliphatic rings. The Balaban J connectivity index is 1.77. The molecule has 0 unspecified atom stereocenters. The fourth-order valence-electron chi connectivity index (χ4n) is 4.13. The lowest BCUT2D eigenvalue weighted by atomic mass is 9.78. The van der Waals surface area contributed by atoms with Crippen molar-refractivity contribution in [2.24, 2.45) is 5.92 Å². The van der Waals surface area contributed by atoms with Gasteiger partial charge in [-0.25, -0.2) is 4.79 Å². The van der Waals surface area contributed by atoms with Crippen molar-refractivity contribution in [1.82, 2.24) is 4.90 Å². The summed E-state index contributed by atoms with van der Waals surface area (Å²) in [6, 6.07) is 5.09. The van der Waals surface area contributed by atoms with Gasteiger partial charge < -0.3 is 15.3 Å². The SMILES string of the molecule is O=C(O)[C@H]1Nc2c(C(=O)N3CCCC3)cccc2[C@@H]2C=CC[C@@H]12. The predicted octanol–water partition coefficient (Wildman–Crippen LogP) is 2.46. The molecule has 1 aromatic rings. The van der Waals surface area contributed by atoms with Crippen LogP contribution >= 0.6 is 0 Å². The summed E-state index contributed by atoms with van der Waals surface area (Å²) in [6.07, 6.45) is 6.98. The number of carbonyl (C=O) groups excluding carboxylic acids is 1. The van der Waals surface area contributed by atoms with Gasteiger partial charge in [0.15, 0.2) is 0 Å². The maximum atomic E-state index is 12.8. The van der Waals surface area contributed by atoms with Crippen molar-refractivity contribution in [2.45, 2.75) is 31.2 Å². The molecule has 0 radical (unpaired) electrons. The second kappa shape index (κ2) is 5.41. The number of rotatable bonds is 2. The van der Waals surface area contributed by atoms with E-state index in [0.717, 1.165) is 37.9 Å². The molecule has 1 fully saturated rings. The van der Waals surface area contributed by atoms with Crippen molar-refractivity contribution in [3.63, 3.8) is 0 Å². The van der Waals surface area contributed by atoms with E-state index < -0.39 is 12.0 Å². The quantitative estimate of drug-likeness (QED) is 0.823. The van der Waals surface area contributed by atoms with Gasteiger partial charge in [0, 0.05) is 24.9 Å². The summed E-state index contributed by atoms with van der Waals surface area (Å²) in [6.45, 7) is 1.58. The summed E-state index contributed by atoms with van der Waals surface area (Å²) >= 11 is 0. The Kier molecular flexibility index (Phi) is 3.36. The third kappa shape index (κ3) is 2.22. The highest BCUT2D eigenvalue weighted by atomic mass is 16.4. The molecule has 1 aromatic carbocycles. The van der Waals surface area contributed by atoms with Gasteiger partial charge in [-0.1, -0.05) is 24.3 Å². The Labute approximate surface area is 135 Å². The van der Waals surface area contributed by atoms with Crippen LogP contribution in [0, 0.1) is 5.92 Å². The van der Waals surface area contributed by atoms with Gasteiger partial charge in [0.2, 0.25) is 0 Å². The number of amides is 1. The number of anilines is 1. The highest BCUT2D eigenvalue weighted by molar-refractivity contribution is 6.01. The molecule has 4 rings (SSSR count). The van der Waals surface area contributed by atoms with Crippen molar-refractivity contribution in [3.05, 3.63) is 41.5 Å². The number of para-hydroxylation sites is 1. The lowest BCUT2D eigenvalue weighted by Crippen LogP contribution is -2.43. The molecule has 5 heteroatoms. The van der Waals surface area contributed by atoms with Crippen molar-refractivity contribution >= 4 is 17.6 Å². The van der Waals surface area contributed by atoms with E-state index in [4.69, 9.17) is 0 Å². The third-order valence-corrected chi connectivity index (χ3v) is 5.29. The van der Waals surface area contributed by atoms with E-state index in [1.165, 1.54) is 0 Å².